The Balaban J connectivity index is 1.50. The smallest absolute Gasteiger partial charge is 0.290 e. The van der Waals surface area contributed by atoms with E-state index in [0.717, 1.165) is 37.6 Å². The van der Waals surface area contributed by atoms with Gasteiger partial charge >= 0.3 is 0 Å². The molecule has 2 saturated heterocycles. The van der Waals surface area contributed by atoms with Gasteiger partial charge in [-0.05, 0) is 6.92 Å². The molecule has 7 nitrogen and oxygen atoms in total. The van der Waals surface area contributed by atoms with Crippen molar-refractivity contribution in [1.82, 2.24) is 19.9 Å². The van der Waals surface area contributed by atoms with Gasteiger partial charge in [0.25, 0.3) is 5.56 Å². The SMILES string of the molecule is Cc1cncnc1N1CC2CN(c3ncc[nH]c3=O)CC2C1. The van der Waals surface area contributed by atoms with Gasteiger partial charge in [-0.1, -0.05) is 0 Å². The Kier molecular flexibility index (Phi) is 3.06. The highest BCUT2D eigenvalue weighted by molar-refractivity contribution is 5.47. The molecule has 0 aromatic carbocycles. The summed E-state index contributed by atoms with van der Waals surface area (Å²) in [5.41, 5.74) is 1.01. The van der Waals surface area contributed by atoms with Crippen molar-refractivity contribution in [2.24, 2.45) is 11.8 Å². The number of rotatable bonds is 2. The van der Waals surface area contributed by atoms with Crippen LogP contribution in [0.2, 0.25) is 0 Å². The number of anilines is 2. The van der Waals surface area contributed by atoms with Crippen molar-refractivity contribution in [3.8, 4) is 0 Å². The van der Waals surface area contributed by atoms with Gasteiger partial charge in [0.1, 0.15) is 12.1 Å². The highest BCUT2D eigenvalue weighted by atomic mass is 16.1. The minimum Gasteiger partial charge on any atom is -0.356 e. The van der Waals surface area contributed by atoms with Crippen LogP contribution >= 0.6 is 0 Å². The molecule has 0 bridgehead atoms. The molecule has 0 amide bonds. The molecule has 4 heterocycles. The van der Waals surface area contributed by atoms with E-state index in [0.29, 0.717) is 17.7 Å². The summed E-state index contributed by atoms with van der Waals surface area (Å²) in [5.74, 6) is 2.68. The minimum absolute atomic E-state index is 0.106. The van der Waals surface area contributed by atoms with Gasteiger partial charge in [0, 0.05) is 62.2 Å². The molecular formula is C15H18N6O. The Morgan fingerprint density at radius 3 is 2.41 bits per heavy atom. The number of nitrogens with zero attached hydrogens (tertiary/aromatic N) is 5. The van der Waals surface area contributed by atoms with E-state index in [1.165, 1.54) is 0 Å². The van der Waals surface area contributed by atoms with Crippen molar-refractivity contribution >= 4 is 11.6 Å². The second-order valence-electron chi connectivity index (χ2n) is 6.10. The maximum atomic E-state index is 11.9. The van der Waals surface area contributed by atoms with Crippen LogP contribution in [0.25, 0.3) is 0 Å². The first-order valence-electron chi connectivity index (χ1n) is 7.52. The summed E-state index contributed by atoms with van der Waals surface area (Å²) in [6.45, 7) is 5.76. The zero-order chi connectivity index (χ0) is 15.1. The number of H-pyrrole nitrogens is 1. The lowest BCUT2D eigenvalue weighted by Gasteiger charge is -2.23. The molecule has 114 valence electrons. The maximum absolute atomic E-state index is 11.9. The zero-order valence-electron chi connectivity index (χ0n) is 12.4. The third-order valence-corrected chi connectivity index (χ3v) is 4.64. The van der Waals surface area contributed by atoms with Crippen molar-refractivity contribution < 1.29 is 0 Å². The van der Waals surface area contributed by atoms with E-state index in [4.69, 9.17) is 0 Å². The number of hydrogen-bond donors (Lipinski definition) is 1. The van der Waals surface area contributed by atoms with Gasteiger partial charge < -0.3 is 14.8 Å². The number of aryl methyl sites for hydroxylation is 1. The second-order valence-corrected chi connectivity index (χ2v) is 6.10. The Morgan fingerprint density at radius 2 is 1.77 bits per heavy atom. The summed E-state index contributed by atoms with van der Waals surface area (Å²) in [6.07, 6.45) is 6.68. The van der Waals surface area contributed by atoms with E-state index < -0.39 is 0 Å². The van der Waals surface area contributed by atoms with Crippen LogP contribution in [0.15, 0.2) is 29.7 Å². The summed E-state index contributed by atoms with van der Waals surface area (Å²) in [7, 11) is 0. The first-order chi connectivity index (χ1) is 10.7. The summed E-state index contributed by atoms with van der Waals surface area (Å²) in [4.78, 5) is 31.7. The van der Waals surface area contributed by atoms with Gasteiger partial charge in [-0.15, -0.1) is 0 Å². The summed E-state index contributed by atoms with van der Waals surface area (Å²) < 4.78 is 0. The van der Waals surface area contributed by atoms with Crippen LogP contribution < -0.4 is 15.4 Å². The van der Waals surface area contributed by atoms with Gasteiger partial charge in [0.2, 0.25) is 0 Å². The van der Waals surface area contributed by atoms with Crippen LogP contribution in [-0.2, 0) is 0 Å². The molecule has 2 fully saturated rings. The summed E-state index contributed by atoms with van der Waals surface area (Å²) >= 11 is 0. The Labute approximate surface area is 128 Å². The van der Waals surface area contributed by atoms with Crippen molar-refractivity contribution in [3.63, 3.8) is 0 Å². The lowest BCUT2D eigenvalue weighted by atomic mass is 10.0. The quantitative estimate of drug-likeness (QED) is 0.867. The lowest BCUT2D eigenvalue weighted by Crippen LogP contribution is -2.33. The van der Waals surface area contributed by atoms with E-state index in [-0.39, 0.29) is 5.56 Å². The number of aromatic nitrogens is 4. The summed E-state index contributed by atoms with van der Waals surface area (Å²) in [5, 5.41) is 0. The monoisotopic (exact) mass is 298 g/mol. The Bertz CT molecular complexity index is 731. The average Bonchev–Trinajstić information content (AvgIpc) is 3.06. The van der Waals surface area contributed by atoms with E-state index in [1.807, 2.05) is 13.1 Å². The first-order valence-corrected chi connectivity index (χ1v) is 7.52. The van der Waals surface area contributed by atoms with Gasteiger partial charge in [-0.25, -0.2) is 15.0 Å². The molecule has 2 atom stereocenters. The third kappa shape index (κ3) is 2.13. The van der Waals surface area contributed by atoms with Gasteiger partial charge in [0.05, 0.1) is 0 Å². The fraction of sp³-hybridized carbons (Fsp3) is 0.467. The Hall–Kier alpha value is -2.44. The van der Waals surface area contributed by atoms with E-state index in [1.54, 1.807) is 18.7 Å². The average molecular weight is 298 g/mol. The predicted molar refractivity (Wildman–Crippen MR) is 83.0 cm³/mol. The minimum atomic E-state index is -0.106. The molecule has 22 heavy (non-hydrogen) atoms. The van der Waals surface area contributed by atoms with E-state index >= 15 is 0 Å². The second kappa shape index (κ2) is 5.08. The van der Waals surface area contributed by atoms with Crippen molar-refractivity contribution in [3.05, 3.63) is 40.8 Å². The van der Waals surface area contributed by atoms with Crippen LogP contribution in [0.5, 0.6) is 0 Å². The molecule has 2 aromatic rings. The van der Waals surface area contributed by atoms with Crippen LogP contribution in [0.1, 0.15) is 5.56 Å². The molecule has 7 heteroatoms. The molecule has 0 aliphatic carbocycles. The molecule has 2 aromatic heterocycles. The molecule has 0 radical (unpaired) electrons. The van der Waals surface area contributed by atoms with Crippen LogP contribution in [0, 0.1) is 18.8 Å². The van der Waals surface area contributed by atoms with Crippen LogP contribution in [-0.4, -0.2) is 46.1 Å². The molecule has 2 aliphatic rings. The standard InChI is InChI=1S/C15H18N6O/c1-10-4-16-9-19-13(10)20-5-11-7-21(8-12(11)6-20)14-15(22)18-3-2-17-14/h2-4,9,11-12H,5-8H2,1H3,(H,18,22). The van der Waals surface area contributed by atoms with E-state index in [9.17, 15) is 4.79 Å². The molecule has 0 spiro atoms. The zero-order valence-corrected chi connectivity index (χ0v) is 12.4. The highest BCUT2D eigenvalue weighted by Gasteiger charge is 2.41. The maximum Gasteiger partial charge on any atom is 0.290 e. The molecule has 4 rings (SSSR count). The first kappa shape index (κ1) is 13.2. The molecule has 2 aliphatic heterocycles. The normalized spacial score (nSPS) is 23.9. The van der Waals surface area contributed by atoms with Gasteiger partial charge in [-0.3, -0.25) is 4.79 Å². The number of hydrogen-bond acceptors (Lipinski definition) is 6. The Morgan fingerprint density at radius 1 is 1.09 bits per heavy atom. The largest absolute Gasteiger partial charge is 0.356 e. The molecule has 1 N–H and O–H groups in total. The third-order valence-electron chi connectivity index (χ3n) is 4.64. The lowest BCUT2D eigenvalue weighted by molar-refractivity contribution is 0.533. The van der Waals surface area contributed by atoms with Crippen molar-refractivity contribution in [2.45, 2.75) is 6.92 Å². The predicted octanol–water partition coefficient (Wildman–Crippen LogP) is 0.441. The van der Waals surface area contributed by atoms with Gasteiger partial charge in [0.15, 0.2) is 5.82 Å². The molecular weight excluding hydrogens is 280 g/mol. The van der Waals surface area contributed by atoms with Crippen molar-refractivity contribution in [1.29, 1.82) is 0 Å². The molecule has 2 unspecified atom stereocenters. The van der Waals surface area contributed by atoms with Crippen LogP contribution in [0.3, 0.4) is 0 Å². The fourth-order valence-corrected chi connectivity index (χ4v) is 3.63. The van der Waals surface area contributed by atoms with Gasteiger partial charge in [-0.2, -0.15) is 0 Å². The topological polar surface area (TPSA) is 78.0 Å². The number of fused-ring (bicyclic) bond motifs is 1. The summed E-state index contributed by atoms with van der Waals surface area (Å²) in [6, 6.07) is 0. The van der Waals surface area contributed by atoms with Crippen LogP contribution in [0.4, 0.5) is 11.6 Å². The van der Waals surface area contributed by atoms with Crippen molar-refractivity contribution in [2.75, 3.05) is 36.0 Å². The highest BCUT2D eigenvalue weighted by Crippen LogP contribution is 2.34. The fourth-order valence-electron chi connectivity index (χ4n) is 3.63. The number of aromatic amines is 1. The molecule has 0 saturated carbocycles. The number of nitrogens with one attached hydrogen (secondary N) is 1. The van der Waals surface area contributed by atoms with E-state index in [2.05, 4.69) is 29.7 Å².